The normalized spacial score (nSPS) is 19.0. The first kappa shape index (κ1) is 16.5. The Morgan fingerprint density at radius 3 is 2.57 bits per heavy atom. The van der Waals surface area contributed by atoms with E-state index in [1.54, 1.807) is 6.07 Å². The first-order valence-electron chi connectivity index (χ1n) is 7.66. The van der Waals surface area contributed by atoms with Crippen LogP contribution in [0, 0.1) is 5.92 Å². The summed E-state index contributed by atoms with van der Waals surface area (Å²) in [4.78, 5) is 0. The summed E-state index contributed by atoms with van der Waals surface area (Å²) < 4.78 is 30.5. The van der Waals surface area contributed by atoms with Crippen molar-refractivity contribution in [2.75, 3.05) is 14.1 Å². The van der Waals surface area contributed by atoms with Crippen molar-refractivity contribution in [2.45, 2.75) is 56.7 Å². The van der Waals surface area contributed by atoms with Crippen LogP contribution in [-0.4, -0.2) is 32.9 Å². The molecule has 120 valence electrons. The Morgan fingerprint density at radius 1 is 1.29 bits per heavy atom. The van der Waals surface area contributed by atoms with Crippen LogP contribution in [-0.2, 0) is 16.6 Å². The summed E-state index contributed by atoms with van der Waals surface area (Å²) in [6, 6.07) is 3.69. The van der Waals surface area contributed by atoms with Crippen molar-refractivity contribution >= 4 is 10.0 Å². The Balaban J connectivity index is 1.91. The molecule has 5 nitrogen and oxygen atoms in total. The number of nitrogens with one attached hydrogen (secondary N) is 1. The molecule has 0 spiro atoms. The zero-order valence-electron chi connectivity index (χ0n) is 13.1. The fraction of sp³-hybridized carbons (Fsp3) is 0.733. The van der Waals surface area contributed by atoms with Crippen molar-refractivity contribution in [3.05, 3.63) is 17.9 Å². The number of furan rings is 1. The SMILES string of the molecule is C[C@H](NCc1ccc(S(=O)(=O)N(C)C)o1)C1CCCCC1. The molecule has 0 aliphatic heterocycles. The van der Waals surface area contributed by atoms with Gasteiger partial charge in [0.25, 0.3) is 10.0 Å². The average Bonchev–Trinajstić information content (AvgIpc) is 2.95. The van der Waals surface area contributed by atoms with Gasteiger partial charge in [0.2, 0.25) is 5.09 Å². The molecule has 1 fully saturated rings. The topological polar surface area (TPSA) is 62.6 Å². The van der Waals surface area contributed by atoms with Gasteiger partial charge >= 0.3 is 0 Å². The van der Waals surface area contributed by atoms with E-state index in [1.807, 2.05) is 0 Å². The fourth-order valence-electron chi connectivity index (χ4n) is 2.83. The molecule has 0 aromatic carbocycles. The van der Waals surface area contributed by atoms with Crippen molar-refractivity contribution < 1.29 is 12.8 Å². The van der Waals surface area contributed by atoms with Crippen molar-refractivity contribution in [3.63, 3.8) is 0 Å². The molecule has 21 heavy (non-hydrogen) atoms. The van der Waals surface area contributed by atoms with E-state index in [9.17, 15) is 8.42 Å². The highest BCUT2D eigenvalue weighted by Crippen LogP contribution is 2.26. The first-order valence-corrected chi connectivity index (χ1v) is 9.10. The van der Waals surface area contributed by atoms with Gasteiger partial charge in [-0.3, -0.25) is 0 Å². The molecule has 1 aliphatic rings. The van der Waals surface area contributed by atoms with Gasteiger partial charge in [-0.05, 0) is 37.8 Å². The summed E-state index contributed by atoms with van der Waals surface area (Å²) >= 11 is 0. The summed E-state index contributed by atoms with van der Waals surface area (Å²) in [6.07, 6.45) is 6.57. The molecule has 1 N–H and O–H groups in total. The summed E-state index contributed by atoms with van der Waals surface area (Å²) in [7, 11) is -0.474. The van der Waals surface area contributed by atoms with Crippen molar-refractivity contribution in [1.82, 2.24) is 9.62 Å². The maximum Gasteiger partial charge on any atom is 0.275 e. The molecule has 1 aliphatic carbocycles. The third-order valence-electron chi connectivity index (χ3n) is 4.33. The predicted octanol–water partition coefficient (Wildman–Crippen LogP) is 2.59. The smallest absolute Gasteiger partial charge is 0.275 e. The molecule has 1 atom stereocenters. The van der Waals surface area contributed by atoms with E-state index in [-0.39, 0.29) is 5.09 Å². The second kappa shape index (κ2) is 6.94. The Hall–Kier alpha value is -0.850. The summed E-state index contributed by atoms with van der Waals surface area (Å²) in [5, 5.41) is 3.47. The average molecular weight is 314 g/mol. The second-order valence-electron chi connectivity index (χ2n) is 6.08. The van der Waals surface area contributed by atoms with Crippen LogP contribution in [0.25, 0.3) is 0 Å². The van der Waals surface area contributed by atoms with E-state index in [2.05, 4.69) is 12.2 Å². The quantitative estimate of drug-likeness (QED) is 0.876. The van der Waals surface area contributed by atoms with Crippen LogP contribution in [0.3, 0.4) is 0 Å². The Bertz CT molecular complexity index is 545. The number of nitrogens with zero attached hydrogens (tertiary/aromatic N) is 1. The lowest BCUT2D eigenvalue weighted by Gasteiger charge is -2.28. The molecule has 6 heteroatoms. The molecule has 0 unspecified atom stereocenters. The molecular formula is C15H26N2O3S. The highest BCUT2D eigenvalue weighted by Gasteiger charge is 2.22. The van der Waals surface area contributed by atoms with Gasteiger partial charge in [0.1, 0.15) is 5.76 Å². The lowest BCUT2D eigenvalue weighted by atomic mass is 9.84. The molecule has 0 saturated heterocycles. The fourth-order valence-corrected chi connectivity index (χ4v) is 3.65. The highest BCUT2D eigenvalue weighted by molar-refractivity contribution is 7.88. The van der Waals surface area contributed by atoms with Crippen molar-refractivity contribution in [1.29, 1.82) is 0 Å². The summed E-state index contributed by atoms with van der Waals surface area (Å²) in [5.41, 5.74) is 0. The van der Waals surface area contributed by atoms with Crippen molar-refractivity contribution in [2.24, 2.45) is 5.92 Å². The molecule has 0 amide bonds. The first-order chi connectivity index (χ1) is 9.91. The van der Waals surface area contributed by atoms with Gasteiger partial charge in [0, 0.05) is 20.1 Å². The zero-order valence-corrected chi connectivity index (χ0v) is 13.9. The Kier molecular flexibility index (Phi) is 5.46. The standard InChI is InChI=1S/C15H26N2O3S/c1-12(13-7-5-4-6-8-13)16-11-14-9-10-15(20-14)21(18,19)17(2)3/h9-10,12-13,16H,4-8,11H2,1-3H3/t12-/m0/s1. The maximum atomic E-state index is 11.9. The van der Waals surface area contributed by atoms with Crippen LogP contribution in [0.15, 0.2) is 21.6 Å². The van der Waals surface area contributed by atoms with Gasteiger partial charge in [0.05, 0.1) is 6.54 Å². The highest BCUT2D eigenvalue weighted by atomic mass is 32.2. The molecule has 1 aromatic heterocycles. The number of rotatable bonds is 6. The summed E-state index contributed by atoms with van der Waals surface area (Å²) in [5.74, 6) is 1.39. The minimum absolute atomic E-state index is 0.00891. The van der Waals surface area contributed by atoms with Gasteiger partial charge in [-0.1, -0.05) is 19.3 Å². The van der Waals surface area contributed by atoms with Crippen LogP contribution in [0.5, 0.6) is 0 Å². The van der Waals surface area contributed by atoms with E-state index < -0.39 is 10.0 Å². The lowest BCUT2D eigenvalue weighted by molar-refractivity contribution is 0.273. The molecule has 0 bridgehead atoms. The van der Waals surface area contributed by atoms with Crippen molar-refractivity contribution in [3.8, 4) is 0 Å². The van der Waals surface area contributed by atoms with Crippen LogP contribution in [0.4, 0.5) is 0 Å². The molecule has 2 rings (SSSR count). The monoisotopic (exact) mass is 314 g/mol. The molecule has 1 saturated carbocycles. The van der Waals surface area contributed by atoms with Crippen LogP contribution >= 0.6 is 0 Å². The zero-order chi connectivity index (χ0) is 15.5. The number of hydrogen-bond acceptors (Lipinski definition) is 4. The maximum absolute atomic E-state index is 11.9. The third kappa shape index (κ3) is 4.08. The van der Waals surface area contributed by atoms with Crippen LogP contribution in [0.1, 0.15) is 44.8 Å². The Labute approximate surface area is 127 Å². The van der Waals surface area contributed by atoms with Gasteiger partial charge < -0.3 is 9.73 Å². The third-order valence-corrected chi connectivity index (χ3v) is 6.02. The summed E-state index contributed by atoms with van der Waals surface area (Å²) in [6.45, 7) is 2.77. The van der Waals surface area contributed by atoms with Crippen LogP contribution < -0.4 is 5.32 Å². The minimum atomic E-state index is -3.48. The van der Waals surface area contributed by atoms with E-state index in [4.69, 9.17) is 4.42 Å². The van der Waals surface area contributed by atoms with Gasteiger partial charge in [0.15, 0.2) is 0 Å². The largest absolute Gasteiger partial charge is 0.447 e. The number of hydrogen-bond donors (Lipinski definition) is 1. The Morgan fingerprint density at radius 2 is 1.95 bits per heavy atom. The molecule has 0 radical (unpaired) electrons. The predicted molar refractivity (Wildman–Crippen MR) is 82.5 cm³/mol. The van der Waals surface area contributed by atoms with Crippen LogP contribution in [0.2, 0.25) is 0 Å². The molecule has 1 heterocycles. The molecule has 1 aromatic rings. The second-order valence-corrected chi connectivity index (χ2v) is 8.16. The van der Waals surface area contributed by atoms with E-state index in [1.165, 1.54) is 52.3 Å². The van der Waals surface area contributed by atoms with E-state index >= 15 is 0 Å². The van der Waals surface area contributed by atoms with Gasteiger partial charge in [-0.25, -0.2) is 12.7 Å². The van der Waals surface area contributed by atoms with E-state index in [0.29, 0.717) is 18.3 Å². The van der Waals surface area contributed by atoms with E-state index in [0.717, 1.165) is 10.2 Å². The lowest BCUT2D eigenvalue weighted by Crippen LogP contribution is -2.34. The van der Waals surface area contributed by atoms with Gasteiger partial charge in [-0.2, -0.15) is 0 Å². The number of sulfonamides is 1. The minimum Gasteiger partial charge on any atom is -0.447 e. The van der Waals surface area contributed by atoms with Gasteiger partial charge in [-0.15, -0.1) is 0 Å². The molecular weight excluding hydrogens is 288 g/mol.